The number of primary amides is 1. The van der Waals surface area contributed by atoms with Crippen molar-refractivity contribution in [1.29, 1.82) is 5.26 Å². The van der Waals surface area contributed by atoms with Gasteiger partial charge in [-0.05, 0) is 44.4 Å². The number of benzene rings is 2. The molecule has 3 rings (SSSR count). The molecule has 0 saturated heterocycles. The number of nitrogens with zero attached hydrogens (tertiary/aromatic N) is 1. The number of H-pyrrole nitrogens is 1. The van der Waals surface area contributed by atoms with Crippen molar-refractivity contribution in [3.8, 4) is 6.07 Å². The highest BCUT2D eigenvalue weighted by Crippen LogP contribution is 2.20. The van der Waals surface area contributed by atoms with Gasteiger partial charge in [0, 0.05) is 29.9 Å². The Kier molecular flexibility index (Phi) is 14.3. The van der Waals surface area contributed by atoms with Crippen molar-refractivity contribution >= 4 is 40.7 Å². The number of alkyl carbamates (subject to hydrolysis) is 1. The van der Waals surface area contributed by atoms with Gasteiger partial charge in [-0.3, -0.25) is 24.5 Å². The summed E-state index contributed by atoms with van der Waals surface area (Å²) in [6, 6.07) is 12.5. The average molecular weight is 690 g/mol. The van der Waals surface area contributed by atoms with Crippen molar-refractivity contribution < 1.29 is 33.8 Å². The third-order valence-corrected chi connectivity index (χ3v) is 7.86. The van der Waals surface area contributed by atoms with Crippen molar-refractivity contribution in [2.24, 2.45) is 5.73 Å². The number of carboxylic acids is 1. The first-order valence-corrected chi connectivity index (χ1v) is 16.6. The van der Waals surface area contributed by atoms with E-state index in [-0.39, 0.29) is 12.8 Å². The van der Waals surface area contributed by atoms with Gasteiger partial charge in [-0.15, -0.1) is 0 Å². The third-order valence-electron chi connectivity index (χ3n) is 7.86. The number of nitrogens with two attached hydrogens (primary N) is 1. The largest absolute Gasteiger partial charge is 0.481 e. The number of carboxylic acid groups (broad SMARTS) is 1. The van der Waals surface area contributed by atoms with Gasteiger partial charge in [0.25, 0.3) is 0 Å². The lowest BCUT2D eigenvalue weighted by molar-refractivity contribution is -0.140. The molecule has 0 spiro atoms. The van der Waals surface area contributed by atoms with Crippen LogP contribution in [-0.2, 0) is 36.8 Å². The Labute approximate surface area is 291 Å². The average Bonchev–Trinajstić information content (AvgIpc) is 3.46. The lowest BCUT2D eigenvalue weighted by Crippen LogP contribution is -2.60. The van der Waals surface area contributed by atoms with E-state index in [0.717, 1.165) is 22.0 Å². The fraction of sp³-hybridized carbons (Fsp3) is 0.444. The lowest BCUT2D eigenvalue weighted by atomic mass is 9.99. The molecule has 2 aromatic carbocycles. The van der Waals surface area contributed by atoms with E-state index >= 15 is 0 Å². The summed E-state index contributed by atoms with van der Waals surface area (Å²) in [7, 11) is 0. The zero-order valence-electron chi connectivity index (χ0n) is 28.8. The fourth-order valence-corrected chi connectivity index (χ4v) is 5.42. The minimum atomic E-state index is -1.46. The van der Waals surface area contributed by atoms with Gasteiger partial charge in [0.15, 0.2) is 0 Å². The highest BCUT2D eigenvalue weighted by Gasteiger charge is 2.34. The van der Waals surface area contributed by atoms with Crippen LogP contribution >= 0.6 is 0 Å². The van der Waals surface area contributed by atoms with Gasteiger partial charge >= 0.3 is 12.1 Å². The van der Waals surface area contributed by atoms with E-state index in [1.807, 2.05) is 31.2 Å². The molecular weight excluding hydrogens is 642 g/mol. The number of nitrogens with one attached hydrogen (secondary N) is 5. The topological polar surface area (TPSA) is 229 Å². The van der Waals surface area contributed by atoms with Crippen LogP contribution in [0.1, 0.15) is 64.5 Å². The molecule has 0 aliphatic rings. The highest BCUT2D eigenvalue weighted by molar-refractivity contribution is 5.91. The molecule has 0 aliphatic heterocycles. The zero-order chi connectivity index (χ0) is 36.8. The summed E-state index contributed by atoms with van der Waals surface area (Å²) in [5.41, 5.74) is 7.06. The molecule has 50 heavy (non-hydrogen) atoms. The number of rotatable bonds is 18. The van der Waals surface area contributed by atoms with Crippen LogP contribution in [0.5, 0.6) is 0 Å². The number of nitriles is 1. The summed E-state index contributed by atoms with van der Waals surface area (Å²) in [4.78, 5) is 67.5. The first kappa shape index (κ1) is 39.0. The van der Waals surface area contributed by atoms with Gasteiger partial charge in [0.1, 0.15) is 23.7 Å². The van der Waals surface area contributed by atoms with E-state index in [9.17, 15) is 34.3 Å². The number of carbonyl (C=O) groups is 5. The molecule has 14 nitrogen and oxygen atoms in total. The molecule has 4 amide bonds. The van der Waals surface area contributed by atoms with Gasteiger partial charge in [0.2, 0.25) is 17.7 Å². The zero-order valence-corrected chi connectivity index (χ0v) is 28.8. The van der Waals surface area contributed by atoms with Crippen molar-refractivity contribution in [2.45, 2.75) is 102 Å². The Morgan fingerprint density at radius 1 is 0.920 bits per heavy atom. The van der Waals surface area contributed by atoms with E-state index in [1.165, 1.54) is 0 Å². The number of ether oxygens (including phenoxy) is 1. The van der Waals surface area contributed by atoms with E-state index < -0.39 is 72.0 Å². The van der Waals surface area contributed by atoms with E-state index in [4.69, 9.17) is 10.5 Å². The van der Waals surface area contributed by atoms with Crippen LogP contribution in [0.25, 0.3) is 10.9 Å². The Balaban J connectivity index is 1.86. The molecule has 0 bridgehead atoms. The van der Waals surface area contributed by atoms with Crippen LogP contribution in [0.3, 0.4) is 0 Å². The van der Waals surface area contributed by atoms with Crippen LogP contribution in [0, 0.1) is 11.3 Å². The van der Waals surface area contributed by atoms with E-state index in [0.29, 0.717) is 19.3 Å². The molecule has 268 valence electrons. The monoisotopic (exact) mass is 689 g/mol. The molecule has 0 fully saturated rings. The number of hydrogen-bond donors (Lipinski definition) is 7. The standard InChI is InChI=1S/C36H47N7O7/c1-5-6-15-26(30(20-37)40-29(19-31(44)45)34(48)42-27(32(38)46)17-22-12-8-7-9-13-22)41-33(47)28(43-35(49)50-36(2,3)4)18-23-21-39-25-16-11-10-14-24(23)25/h7-14,16,21,26-30,39-40H,5-6,15,17-19H2,1-4H3,(H2,38,46)(H,41,47)(H,42,48)(H,43,49)(H,44,45)/t26-,27-,28-,29-,30-/m0/s1. The number of carbonyl (C=O) groups excluding carboxylic acids is 4. The van der Waals surface area contributed by atoms with Gasteiger partial charge in [0.05, 0.1) is 24.6 Å². The second-order valence-corrected chi connectivity index (χ2v) is 13.1. The van der Waals surface area contributed by atoms with Gasteiger partial charge < -0.3 is 36.5 Å². The lowest BCUT2D eigenvalue weighted by Gasteiger charge is -2.30. The Bertz CT molecular complexity index is 1660. The number of aromatic amines is 1. The Hall–Kier alpha value is -5.42. The molecule has 0 saturated carbocycles. The summed E-state index contributed by atoms with van der Waals surface area (Å²) < 4.78 is 5.43. The molecule has 3 aromatic rings. The molecule has 14 heteroatoms. The summed E-state index contributed by atoms with van der Waals surface area (Å²) in [6.45, 7) is 7.02. The first-order valence-electron chi connectivity index (χ1n) is 16.6. The number of aromatic nitrogens is 1. The highest BCUT2D eigenvalue weighted by atomic mass is 16.6. The van der Waals surface area contributed by atoms with Crippen LogP contribution < -0.4 is 27.0 Å². The van der Waals surface area contributed by atoms with Gasteiger partial charge in [-0.25, -0.2) is 4.79 Å². The second kappa shape index (κ2) is 18.4. The van der Waals surface area contributed by atoms with Crippen LogP contribution in [-0.4, -0.2) is 75.7 Å². The molecule has 0 unspecified atom stereocenters. The maximum absolute atomic E-state index is 13.9. The smallest absolute Gasteiger partial charge is 0.408 e. The van der Waals surface area contributed by atoms with Crippen LogP contribution in [0.4, 0.5) is 4.79 Å². The Morgan fingerprint density at radius 3 is 2.20 bits per heavy atom. The molecule has 8 N–H and O–H groups in total. The summed E-state index contributed by atoms with van der Waals surface area (Å²) >= 11 is 0. The summed E-state index contributed by atoms with van der Waals surface area (Å²) in [5.74, 6) is -3.61. The Morgan fingerprint density at radius 2 is 1.58 bits per heavy atom. The number of hydrogen-bond acceptors (Lipinski definition) is 8. The number of amides is 4. The maximum atomic E-state index is 13.9. The fourth-order valence-electron chi connectivity index (χ4n) is 5.42. The molecular formula is C36H47N7O7. The van der Waals surface area contributed by atoms with E-state index in [2.05, 4.69) is 32.3 Å². The van der Waals surface area contributed by atoms with Crippen molar-refractivity contribution in [1.82, 2.24) is 26.3 Å². The predicted octanol–water partition coefficient (Wildman–Crippen LogP) is 2.82. The summed E-state index contributed by atoms with van der Waals surface area (Å²) in [6.07, 6.45) is 1.95. The molecule has 1 aromatic heterocycles. The van der Waals surface area contributed by atoms with E-state index in [1.54, 1.807) is 57.3 Å². The molecule has 5 atom stereocenters. The molecule has 0 radical (unpaired) electrons. The van der Waals surface area contributed by atoms with Crippen molar-refractivity contribution in [3.05, 3.63) is 71.9 Å². The number of aliphatic carboxylic acids is 1. The van der Waals surface area contributed by atoms with Crippen LogP contribution in [0.15, 0.2) is 60.8 Å². The number of unbranched alkanes of at least 4 members (excludes halogenated alkanes) is 1. The third kappa shape index (κ3) is 12.2. The first-order chi connectivity index (χ1) is 23.7. The number of fused-ring (bicyclic) bond motifs is 1. The number of para-hydroxylation sites is 1. The minimum Gasteiger partial charge on any atom is -0.481 e. The van der Waals surface area contributed by atoms with Gasteiger partial charge in [-0.1, -0.05) is 68.3 Å². The minimum absolute atomic E-state index is 0.0705. The second-order valence-electron chi connectivity index (χ2n) is 13.1. The van der Waals surface area contributed by atoms with Crippen molar-refractivity contribution in [2.75, 3.05) is 0 Å². The molecule has 1 heterocycles. The van der Waals surface area contributed by atoms with Crippen LogP contribution in [0.2, 0.25) is 0 Å². The predicted molar refractivity (Wildman–Crippen MR) is 186 cm³/mol. The quantitative estimate of drug-likeness (QED) is 0.104. The SMILES string of the molecule is CCCC[C@H](NC(=O)[C@H](Cc1c[nH]c2ccccc12)NC(=O)OC(C)(C)C)[C@H](C#N)N[C@@H](CC(=O)O)C(=O)N[C@@H](Cc1ccccc1)C(N)=O. The normalized spacial score (nSPS) is 14.3. The molecule has 0 aliphatic carbocycles. The van der Waals surface area contributed by atoms with Crippen molar-refractivity contribution in [3.63, 3.8) is 0 Å². The maximum Gasteiger partial charge on any atom is 0.408 e. The van der Waals surface area contributed by atoms with Gasteiger partial charge in [-0.2, -0.15) is 5.26 Å². The summed E-state index contributed by atoms with van der Waals surface area (Å²) in [5, 5.41) is 31.6.